The molecule has 0 fully saturated rings. The molecule has 0 aliphatic carbocycles. The van der Waals surface area contributed by atoms with Crippen molar-refractivity contribution >= 4 is 22.2 Å². The van der Waals surface area contributed by atoms with Gasteiger partial charge in [-0.2, -0.15) is 0 Å². The lowest BCUT2D eigenvalue weighted by Crippen LogP contribution is -1.91. The first-order valence-electron chi connectivity index (χ1n) is 15.9. The van der Waals surface area contributed by atoms with Crippen LogP contribution >= 0.6 is 11.3 Å². The number of terminal acetylenes is 1. The maximum Gasteiger partial charge on any atom is 0.0775 e. The first-order chi connectivity index (χ1) is 21.2. The Hall–Kier alpha value is -4.11. The predicted molar refractivity (Wildman–Crippen MR) is 186 cm³/mol. The lowest BCUT2D eigenvalue weighted by molar-refractivity contribution is 0.556. The van der Waals surface area contributed by atoms with Gasteiger partial charge >= 0.3 is 0 Å². The lowest BCUT2D eigenvalue weighted by Gasteiger charge is -2.11. The van der Waals surface area contributed by atoms with Crippen molar-refractivity contribution in [2.45, 2.75) is 77.6 Å². The molecule has 0 N–H and O–H groups in total. The van der Waals surface area contributed by atoms with E-state index in [1.807, 2.05) is 18.2 Å². The molecule has 0 atom stereocenters. The summed E-state index contributed by atoms with van der Waals surface area (Å²) in [7, 11) is 0. The van der Waals surface area contributed by atoms with Crippen molar-refractivity contribution in [3.05, 3.63) is 112 Å². The van der Waals surface area contributed by atoms with Crippen molar-refractivity contribution in [1.82, 2.24) is 4.98 Å². The topological polar surface area (TPSA) is 12.9 Å². The molecule has 0 spiro atoms. The molecule has 43 heavy (non-hydrogen) atoms. The zero-order valence-corrected chi connectivity index (χ0v) is 26.2. The van der Waals surface area contributed by atoms with Gasteiger partial charge in [0.2, 0.25) is 0 Å². The molecule has 3 aromatic carbocycles. The first-order valence-corrected chi connectivity index (χ1v) is 16.8. The Balaban J connectivity index is 1.19. The first kappa shape index (κ1) is 30.4. The highest BCUT2D eigenvalue weighted by Gasteiger charge is 2.10. The minimum atomic E-state index is 0.860. The fourth-order valence-corrected chi connectivity index (χ4v) is 6.36. The van der Waals surface area contributed by atoms with Gasteiger partial charge < -0.3 is 0 Å². The van der Waals surface area contributed by atoms with Crippen LogP contribution in [-0.2, 0) is 6.42 Å². The minimum Gasteiger partial charge on any atom is -0.248 e. The molecule has 0 bridgehead atoms. The molecule has 216 valence electrons. The summed E-state index contributed by atoms with van der Waals surface area (Å²) in [5, 5.41) is 3.35. The summed E-state index contributed by atoms with van der Waals surface area (Å²) in [5.41, 5.74) is 8.52. The maximum absolute atomic E-state index is 5.70. The molecule has 0 saturated carbocycles. The Morgan fingerprint density at radius 1 is 0.674 bits per heavy atom. The van der Waals surface area contributed by atoms with Gasteiger partial charge in [0, 0.05) is 22.1 Å². The summed E-state index contributed by atoms with van der Waals surface area (Å²) in [6.45, 7) is 2.28. The Bertz CT molecular complexity index is 1710. The number of fused-ring (bicyclic) bond motifs is 1. The van der Waals surface area contributed by atoms with Crippen molar-refractivity contribution < 1.29 is 0 Å². The van der Waals surface area contributed by atoms with E-state index in [-0.39, 0.29) is 0 Å². The van der Waals surface area contributed by atoms with Gasteiger partial charge in [-0.1, -0.05) is 125 Å². The molecule has 1 nitrogen and oxygen atoms in total. The van der Waals surface area contributed by atoms with Crippen molar-refractivity contribution in [3.8, 4) is 46.6 Å². The van der Waals surface area contributed by atoms with Crippen molar-refractivity contribution in [2.75, 3.05) is 0 Å². The van der Waals surface area contributed by atoms with E-state index in [4.69, 9.17) is 11.4 Å². The Morgan fingerprint density at radius 3 is 2.09 bits per heavy atom. The zero-order valence-electron chi connectivity index (χ0n) is 25.4. The van der Waals surface area contributed by atoms with Crippen LogP contribution in [-0.4, -0.2) is 4.98 Å². The molecule has 0 unspecified atom stereocenters. The molecule has 0 aliphatic rings. The smallest absolute Gasteiger partial charge is 0.0775 e. The molecule has 2 aromatic heterocycles. The fraction of sp³-hybridized carbons (Fsp3) is 0.293. The van der Waals surface area contributed by atoms with Crippen LogP contribution in [0.2, 0.25) is 0 Å². The molecular weight excluding hydrogens is 539 g/mol. The monoisotopic (exact) mass is 579 g/mol. The zero-order chi connectivity index (χ0) is 29.7. The molecule has 2 heterocycles. The van der Waals surface area contributed by atoms with Gasteiger partial charge in [0.05, 0.1) is 16.1 Å². The highest BCUT2D eigenvalue weighted by atomic mass is 32.1. The SMILES string of the molecule is C#Cc1ccc2nc(-c3ccc(C#Cc4cc(CCCCCCCCCCCC)cs4)cc3)cc(-c3ccccc3)c2c1. The number of thiophene rings is 1. The van der Waals surface area contributed by atoms with Crippen molar-refractivity contribution in [2.24, 2.45) is 0 Å². The van der Waals surface area contributed by atoms with Gasteiger partial charge in [-0.05, 0) is 77.4 Å². The largest absolute Gasteiger partial charge is 0.248 e. The van der Waals surface area contributed by atoms with E-state index in [2.05, 4.69) is 96.8 Å². The van der Waals surface area contributed by atoms with E-state index >= 15 is 0 Å². The normalized spacial score (nSPS) is 10.8. The van der Waals surface area contributed by atoms with Crippen LogP contribution in [0, 0.1) is 24.2 Å². The molecule has 5 aromatic rings. The number of benzene rings is 3. The predicted octanol–water partition coefficient (Wildman–Crippen LogP) is 11.5. The van der Waals surface area contributed by atoms with Crippen LogP contribution in [0.15, 0.2) is 90.3 Å². The van der Waals surface area contributed by atoms with Gasteiger partial charge in [0.1, 0.15) is 0 Å². The van der Waals surface area contributed by atoms with Crippen LogP contribution in [0.25, 0.3) is 33.3 Å². The average molecular weight is 580 g/mol. The van der Waals surface area contributed by atoms with E-state index in [0.29, 0.717) is 0 Å². The molecule has 2 heteroatoms. The highest BCUT2D eigenvalue weighted by Crippen LogP contribution is 2.32. The number of aromatic nitrogens is 1. The van der Waals surface area contributed by atoms with E-state index < -0.39 is 0 Å². The molecule has 0 radical (unpaired) electrons. The number of unbranched alkanes of at least 4 members (excludes halogenated alkanes) is 9. The second kappa shape index (κ2) is 15.9. The van der Waals surface area contributed by atoms with Gasteiger partial charge in [-0.25, -0.2) is 4.98 Å². The summed E-state index contributed by atoms with van der Waals surface area (Å²) in [5.74, 6) is 9.50. The van der Waals surface area contributed by atoms with Gasteiger partial charge in [-0.3, -0.25) is 0 Å². The molecule has 0 saturated heterocycles. The number of nitrogens with zero attached hydrogens (tertiary/aromatic N) is 1. The van der Waals surface area contributed by atoms with Crippen LogP contribution < -0.4 is 0 Å². The third kappa shape index (κ3) is 8.70. The van der Waals surface area contributed by atoms with Gasteiger partial charge in [0.15, 0.2) is 0 Å². The van der Waals surface area contributed by atoms with E-state index in [1.54, 1.807) is 11.3 Å². The minimum absolute atomic E-state index is 0.860. The van der Waals surface area contributed by atoms with Crippen LogP contribution in [0.5, 0.6) is 0 Å². The molecule has 5 rings (SSSR count). The van der Waals surface area contributed by atoms with Crippen LogP contribution in [0.3, 0.4) is 0 Å². The second-order valence-corrected chi connectivity index (χ2v) is 12.3. The molecular formula is C41H41NS. The standard InChI is InChI=1S/C41H41NS/c1-3-5-6-7-8-9-10-11-12-14-17-34-28-37(43-31-34)26-22-33-20-24-36(25-21-33)41-30-38(35-18-15-13-16-19-35)39-29-32(4-2)23-27-40(39)42-41/h2,13,15-16,18-21,23-25,27-31H,3,5-12,14,17H2,1H3. The lowest BCUT2D eigenvalue weighted by atomic mass is 9.97. The number of aryl methyl sites for hydroxylation is 1. The Kier molecular flexibility index (Phi) is 11.2. The summed E-state index contributed by atoms with van der Waals surface area (Å²) >= 11 is 1.76. The Labute approximate surface area is 262 Å². The number of rotatable bonds is 13. The van der Waals surface area contributed by atoms with E-state index in [9.17, 15) is 0 Å². The second-order valence-electron chi connectivity index (χ2n) is 11.4. The van der Waals surface area contributed by atoms with E-state index in [0.717, 1.165) is 55.7 Å². The quantitative estimate of drug-likeness (QED) is 0.0998. The third-order valence-electron chi connectivity index (χ3n) is 8.04. The number of hydrogen-bond donors (Lipinski definition) is 0. The summed E-state index contributed by atoms with van der Waals surface area (Å²) < 4.78 is 0. The van der Waals surface area contributed by atoms with E-state index in [1.165, 1.54) is 69.8 Å². The average Bonchev–Trinajstić information content (AvgIpc) is 3.52. The van der Waals surface area contributed by atoms with Crippen LogP contribution in [0.1, 0.15) is 92.7 Å². The summed E-state index contributed by atoms with van der Waals surface area (Å²) in [6.07, 6.45) is 20.6. The van der Waals surface area contributed by atoms with Gasteiger partial charge in [0.25, 0.3) is 0 Å². The summed E-state index contributed by atoms with van der Waals surface area (Å²) in [4.78, 5) is 6.13. The Morgan fingerprint density at radius 2 is 1.37 bits per heavy atom. The summed E-state index contributed by atoms with van der Waals surface area (Å²) in [6, 6.07) is 29.3. The number of hydrogen-bond acceptors (Lipinski definition) is 2. The molecule has 0 aliphatic heterocycles. The maximum atomic E-state index is 5.70. The van der Waals surface area contributed by atoms with Crippen molar-refractivity contribution in [1.29, 1.82) is 0 Å². The van der Waals surface area contributed by atoms with Gasteiger partial charge in [-0.15, -0.1) is 17.8 Å². The van der Waals surface area contributed by atoms with Crippen LogP contribution in [0.4, 0.5) is 0 Å². The number of pyridine rings is 1. The third-order valence-corrected chi connectivity index (χ3v) is 8.94. The fourth-order valence-electron chi connectivity index (χ4n) is 5.57. The van der Waals surface area contributed by atoms with Crippen molar-refractivity contribution in [3.63, 3.8) is 0 Å². The highest BCUT2D eigenvalue weighted by molar-refractivity contribution is 7.10. The molecule has 0 amide bonds.